The summed E-state index contributed by atoms with van der Waals surface area (Å²) in [6.45, 7) is 10.8. The third-order valence-electron chi connectivity index (χ3n) is 3.27. The maximum Gasteiger partial charge on any atom is 0.112 e. The molecule has 0 aromatic rings. The van der Waals surface area contributed by atoms with Crippen molar-refractivity contribution in [3.63, 3.8) is 0 Å². The summed E-state index contributed by atoms with van der Waals surface area (Å²) in [5, 5.41) is 0. The lowest BCUT2D eigenvalue weighted by atomic mass is 9.89. The van der Waals surface area contributed by atoms with Crippen LogP contribution in [0.5, 0.6) is 0 Å². The van der Waals surface area contributed by atoms with E-state index in [9.17, 15) is 0 Å². The van der Waals surface area contributed by atoms with Gasteiger partial charge in [-0.3, -0.25) is 0 Å². The summed E-state index contributed by atoms with van der Waals surface area (Å²) in [4.78, 5) is 0. The summed E-state index contributed by atoms with van der Waals surface area (Å²) in [6, 6.07) is 0. The van der Waals surface area contributed by atoms with Crippen molar-refractivity contribution in [3.05, 3.63) is 0 Å². The second-order valence-electron chi connectivity index (χ2n) is 4.40. The minimum atomic E-state index is -0.0137. The molecule has 1 unspecified atom stereocenters. The molecular formula is C14H28O4. The first-order valence-corrected chi connectivity index (χ1v) is 7.24. The molecule has 0 aromatic heterocycles. The van der Waals surface area contributed by atoms with Crippen molar-refractivity contribution in [3.8, 4) is 0 Å². The van der Waals surface area contributed by atoms with Crippen LogP contribution in [0.3, 0.4) is 0 Å². The Morgan fingerprint density at radius 2 is 0.944 bits per heavy atom. The standard InChI is InChI=1S/C14H28O4/c1-5-15-11-9-10-12(16-6-2)14(18-8-4)13(11)17-7-3/h11-14H,5-10H2,1-4H3/t11-,12?,13+,14+/m1/s1. The van der Waals surface area contributed by atoms with Crippen LogP contribution in [0, 0.1) is 0 Å². The molecule has 1 saturated carbocycles. The predicted molar refractivity (Wildman–Crippen MR) is 70.9 cm³/mol. The molecule has 4 heteroatoms. The van der Waals surface area contributed by atoms with Crippen molar-refractivity contribution in [1.82, 2.24) is 0 Å². The van der Waals surface area contributed by atoms with Crippen LogP contribution in [0.4, 0.5) is 0 Å². The van der Waals surface area contributed by atoms with Crippen molar-refractivity contribution in [2.24, 2.45) is 0 Å². The number of rotatable bonds is 8. The second-order valence-corrected chi connectivity index (χ2v) is 4.40. The number of hydrogen-bond donors (Lipinski definition) is 0. The first kappa shape index (κ1) is 15.9. The van der Waals surface area contributed by atoms with Gasteiger partial charge < -0.3 is 18.9 Å². The van der Waals surface area contributed by atoms with Gasteiger partial charge in [-0.25, -0.2) is 0 Å². The highest BCUT2D eigenvalue weighted by atomic mass is 16.6. The Morgan fingerprint density at radius 3 is 1.22 bits per heavy atom. The first-order chi connectivity index (χ1) is 8.78. The van der Waals surface area contributed by atoms with E-state index in [1.54, 1.807) is 0 Å². The van der Waals surface area contributed by atoms with Crippen molar-refractivity contribution in [1.29, 1.82) is 0 Å². The third-order valence-corrected chi connectivity index (χ3v) is 3.27. The molecule has 0 radical (unpaired) electrons. The minimum Gasteiger partial charge on any atom is -0.376 e. The average molecular weight is 260 g/mol. The van der Waals surface area contributed by atoms with Crippen LogP contribution in [0.25, 0.3) is 0 Å². The lowest BCUT2D eigenvalue weighted by molar-refractivity contribution is -0.198. The fourth-order valence-corrected chi connectivity index (χ4v) is 2.65. The molecular weight excluding hydrogens is 232 g/mol. The van der Waals surface area contributed by atoms with Crippen molar-refractivity contribution >= 4 is 0 Å². The van der Waals surface area contributed by atoms with E-state index in [-0.39, 0.29) is 24.4 Å². The van der Waals surface area contributed by atoms with Crippen LogP contribution < -0.4 is 0 Å². The van der Waals surface area contributed by atoms with Crippen LogP contribution in [-0.2, 0) is 18.9 Å². The van der Waals surface area contributed by atoms with E-state index in [0.29, 0.717) is 26.4 Å². The molecule has 0 amide bonds. The fourth-order valence-electron chi connectivity index (χ4n) is 2.65. The lowest BCUT2D eigenvalue weighted by Crippen LogP contribution is -2.53. The van der Waals surface area contributed by atoms with E-state index in [0.717, 1.165) is 12.8 Å². The molecule has 0 saturated heterocycles. The Hall–Kier alpha value is -0.160. The first-order valence-electron chi connectivity index (χ1n) is 7.24. The van der Waals surface area contributed by atoms with E-state index in [1.165, 1.54) is 0 Å². The van der Waals surface area contributed by atoms with Crippen LogP contribution in [-0.4, -0.2) is 50.8 Å². The van der Waals surface area contributed by atoms with E-state index in [2.05, 4.69) is 0 Å². The SMILES string of the molecule is CCOC1CC[C@@H](OCC)[C@H](OCC)[C@H]1OCC. The average Bonchev–Trinajstić information content (AvgIpc) is 2.37. The largest absolute Gasteiger partial charge is 0.376 e. The number of ether oxygens (including phenoxy) is 4. The van der Waals surface area contributed by atoms with Crippen molar-refractivity contribution in [2.75, 3.05) is 26.4 Å². The fraction of sp³-hybridized carbons (Fsp3) is 1.00. The van der Waals surface area contributed by atoms with Gasteiger partial charge >= 0.3 is 0 Å². The Labute approximate surface area is 111 Å². The van der Waals surface area contributed by atoms with Gasteiger partial charge in [-0.1, -0.05) is 0 Å². The highest BCUT2D eigenvalue weighted by Crippen LogP contribution is 2.29. The topological polar surface area (TPSA) is 36.9 Å². The van der Waals surface area contributed by atoms with Gasteiger partial charge in [0.1, 0.15) is 12.2 Å². The summed E-state index contributed by atoms with van der Waals surface area (Å²) in [5.74, 6) is 0. The van der Waals surface area contributed by atoms with Gasteiger partial charge in [0.05, 0.1) is 12.2 Å². The minimum absolute atomic E-state index is 0.0137. The highest BCUT2D eigenvalue weighted by Gasteiger charge is 2.41. The Bertz CT molecular complexity index is 188. The van der Waals surface area contributed by atoms with Gasteiger partial charge in [-0.05, 0) is 40.5 Å². The van der Waals surface area contributed by atoms with Crippen LogP contribution in [0.2, 0.25) is 0 Å². The highest BCUT2D eigenvalue weighted by molar-refractivity contribution is 4.91. The second kappa shape index (κ2) is 8.86. The maximum atomic E-state index is 5.86. The third kappa shape index (κ3) is 4.19. The van der Waals surface area contributed by atoms with Crippen LogP contribution >= 0.6 is 0 Å². The zero-order chi connectivity index (χ0) is 13.4. The molecule has 4 nitrogen and oxygen atoms in total. The van der Waals surface area contributed by atoms with Gasteiger partial charge in [0.25, 0.3) is 0 Å². The normalized spacial score (nSPS) is 32.7. The zero-order valence-corrected chi connectivity index (χ0v) is 12.2. The Balaban J connectivity index is 2.72. The molecule has 0 bridgehead atoms. The molecule has 0 aliphatic heterocycles. The van der Waals surface area contributed by atoms with E-state index in [4.69, 9.17) is 18.9 Å². The van der Waals surface area contributed by atoms with Crippen LogP contribution in [0.1, 0.15) is 40.5 Å². The van der Waals surface area contributed by atoms with Crippen molar-refractivity contribution < 1.29 is 18.9 Å². The van der Waals surface area contributed by atoms with E-state index < -0.39 is 0 Å². The molecule has 18 heavy (non-hydrogen) atoms. The van der Waals surface area contributed by atoms with Crippen molar-refractivity contribution in [2.45, 2.75) is 65.0 Å². The van der Waals surface area contributed by atoms with Gasteiger partial charge in [0.15, 0.2) is 0 Å². The molecule has 1 aliphatic carbocycles. The summed E-state index contributed by atoms with van der Waals surface area (Å²) in [7, 11) is 0. The monoisotopic (exact) mass is 260 g/mol. The summed E-state index contributed by atoms with van der Waals surface area (Å²) >= 11 is 0. The molecule has 0 aromatic carbocycles. The maximum absolute atomic E-state index is 5.86. The number of hydrogen-bond acceptors (Lipinski definition) is 4. The Morgan fingerprint density at radius 1 is 0.611 bits per heavy atom. The van der Waals surface area contributed by atoms with Gasteiger partial charge in [-0.2, -0.15) is 0 Å². The summed E-state index contributed by atoms with van der Waals surface area (Å²) in [6.07, 6.45) is 2.19. The molecule has 4 atom stereocenters. The molecule has 108 valence electrons. The van der Waals surface area contributed by atoms with Gasteiger partial charge in [0, 0.05) is 26.4 Å². The summed E-state index contributed by atoms with van der Waals surface area (Å²) < 4.78 is 23.3. The zero-order valence-electron chi connectivity index (χ0n) is 12.2. The molecule has 0 N–H and O–H groups in total. The smallest absolute Gasteiger partial charge is 0.112 e. The van der Waals surface area contributed by atoms with Gasteiger partial charge in [0.2, 0.25) is 0 Å². The molecule has 0 spiro atoms. The lowest BCUT2D eigenvalue weighted by Gasteiger charge is -2.41. The molecule has 0 heterocycles. The molecule has 1 rings (SSSR count). The molecule has 1 aliphatic rings. The Kier molecular flexibility index (Phi) is 7.82. The van der Waals surface area contributed by atoms with Gasteiger partial charge in [-0.15, -0.1) is 0 Å². The van der Waals surface area contributed by atoms with Crippen LogP contribution in [0.15, 0.2) is 0 Å². The van der Waals surface area contributed by atoms with E-state index >= 15 is 0 Å². The predicted octanol–water partition coefficient (Wildman–Crippen LogP) is 2.40. The molecule has 1 fully saturated rings. The van der Waals surface area contributed by atoms with E-state index in [1.807, 2.05) is 27.7 Å². The quantitative estimate of drug-likeness (QED) is 0.671. The summed E-state index contributed by atoms with van der Waals surface area (Å²) in [5.41, 5.74) is 0.